The first-order chi connectivity index (χ1) is 8.62. The van der Waals surface area contributed by atoms with Gasteiger partial charge in [-0.05, 0) is 30.0 Å². The van der Waals surface area contributed by atoms with Crippen LogP contribution in [0, 0.1) is 11.7 Å². The Bertz CT molecular complexity index is 431. The first kappa shape index (κ1) is 15.9. The summed E-state index contributed by atoms with van der Waals surface area (Å²) in [6.45, 7) is 3.70. The fourth-order valence-corrected chi connectivity index (χ4v) is 1.94. The van der Waals surface area contributed by atoms with Gasteiger partial charge in [0.05, 0.1) is 11.7 Å². The molecule has 2 atom stereocenters. The monoisotopic (exact) mass is 279 g/mol. The smallest absolute Gasteiger partial charge is 0.387 e. The molecule has 108 valence electrons. The highest BCUT2D eigenvalue weighted by Gasteiger charge is 2.36. The van der Waals surface area contributed by atoms with Gasteiger partial charge in [-0.1, -0.05) is 19.9 Å². The van der Waals surface area contributed by atoms with Crippen molar-refractivity contribution in [2.75, 3.05) is 0 Å². The molecule has 0 aliphatic rings. The minimum Gasteiger partial charge on any atom is -0.387 e. The summed E-state index contributed by atoms with van der Waals surface area (Å²) in [6.07, 6.45) is -5.83. The van der Waals surface area contributed by atoms with Gasteiger partial charge in [0.25, 0.3) is 0 Å². The number of halogens is 4. The zero-order chi connectivity index (χ0) is 14.8. The van der Waals surface area contributed by atoms with E-state index < -0.39 is 29.7 Å². The highest BCUT2D eigenvalue weighted by atomic mass is 19.4. The third-order valence-corrected chi connectivity index (χ3v) is 2.79. The standard InChI is InChI=1S/C13H17F4NO/c1-7(2)5-11(18)12(19)9-4-3-8(14)6-10(9)13(15,16)17/h3-4,6-7,11-12,19H,5,18H2,1-2H3. The second-order valence-corrected chi connectivity index (χ2v) is 4.97. The van der Waals surface area contributed by atoms with Crippen LogP contribution in [0.15, 0.2) is 18.2 Å². The van der Waals surface area contributed by atoms with Gasteiger partial charge in [0.1, 0.15) is 5.82 Å². The molecule has 0 aromatic heterocycles. The van der Waals surface area contributed by atoms with Crippen molar-refractivity contribution in [3.63, 3.8) is 0 Å². The average Bonchev–Trinajstić information content (AvgIpc) is 2.25. The van der Waals surface area contributed by atoms with Crippen LogP contribution in [-0.2, 0) is 6.18 Å². The lowest BCUT2D eigenvalue weighted by atomic mass is 9.92. The largest absolute Gasteiger partial charge is 0.416 e. The van der Waals surface area contributed by atoms with E-state index in [9.17, 15) is 22.7 Å². The molecular formula is C13H17F4NO. The Labute approximate surface area is 109 Å². The normalized spacial score (nSPS) is 15.6. The van der Waals surface area contributed by atoms with Gasteiger partial charge in [0.15, 0.2) is 0 Å². The molecule has 2 unspecified atom stereocenters. The predicted molar refractivity (Wildman–Crippen MR) is 63.8 cm³/mol. The molecule has 0 radical (unpaired) electrons. The van der Waals surface area contributed by atoms with Gasteiger partial charge < -0.3 is 10.8 Å². The van der Waals surface area contributed by atoms with E-state index in [1.807, 2.05) is 13.8 Å². The fraction of sp³-hybridized carbons (Fsp3) is 0.538. The van der Waals surface area contributed by atoms with Crippen LogP contribution in [0.2, 0.25) is 0 Å². The topological polar surface area (TPSA) is 46.2 Å². The highest BCUT2D eigenvalue weighted by molar-refractivity contribution is 5.33. The van der Waals surface area contributed by atoms with E-state index in [-0.39, 0.29) is 11.5 Å². The number of benzene rings is 1. The Morgan fingerprint density at radius 1 is 1.26 bits per heavy atom. The van der Waals surface area contributed by atoms with Gasteiger partial charge in [0.2, 0.25) is 0 Å². The van der Waals surface area contributed by atoms with Crippen LogP contribution in [0.4, 0.5) is 17.6 Å². The number of alkyl halides is 3. The third-order valence-electron chi connectivity index (χ3n) is 2.79. The van der Waals surface area contributed by atoms with E-state index in [1.165, 1.54) is 0 Å². The zero-order valence-electron chi connectivity index (χ0n) is 10.7. The van der Waals surface area contributed by atoms with E-state index >= 15 is 0 Å². The predicted octanol–water partition coefficient (Wildman–Crippen LogP) is 3.25. The molecule has 1 aromatic rings. The minimum atomic E-state index is -4.73. The summed E-state index contributed by atoms with van der Waals surface area (Å²) in [7, 11) is 0. The maximum absolute atomic E-state index is 12.9. The summed E-state index contributed by atoms with van der Waals surface area (Å²) < 4.78 is 51.3. The van der Waals surface area contributed by atoms with Crippen LogP contribution >= 0.6 is 0 Å². The molecule has 0 spiro atoms. The zero-order valence-corrected chi connectivity index (χ0v) is 10.7. The van der Waals surface area contributed by atoms with Gasteiger partial charge in [-0.2, -0.15) is 13.2 Å². The Morgan fingerprint density at radius 2 is 1.84 bits per heavy atom. The molecule has 0 amide bonds. The first-order valence-corrected chi connectivity index (χ1v) is 5.93. The molecule has 0 bridgehead atoms. The molecule has 0 aliphatic carbocycles. The lowest BCUT2D eigenvalue weighted by Gasteiger charge is -2.23. The van der Waals surface area contributed by atoms with Crippen molar-refractivity contribution in [1.82, 2.24) is 0 Å². The quantitative estimate of drug-likeness (QED) is 0.831. The van der Waals surface area contributed by atoms with Crippen molar-refractivity contribution in [2.45, 2.75) is 38.6 Å². The molecule has 0 fully saturated rings. The number of rotatable bonds is 4. The van der Waals surface area contributed by atoms with Crippen LogP contribution in [0.25, 0.3) is 0 Å². The van der Waals surface area contributed by atoms with Crippen LogP contribution < -0.4 is 5.73 Å². The number of aliphatic hydroxyl groups is 1. The minimum absolute atomic E-state index is 0.138. The summed E-state index contributed by atoms with van der Waals surface area (Å²) in [5.41, 5.74) is 4.12. The summed E-state index contributed by atoms with van der Waals surface area (Å²) in [6, 6.07) is 1.37. The number of aliphatic hydroxyl groups excluding tert-OH is 1. The van der Waals surface area contributed by atoms with Crippen molar-refractivity contribution in [3.05, 3.63) is 35.1 Å². The van der Waals surface area contributed by atoms with Crippen molar-refractivity contribution in [2.24, 2.45) is 11.7 Å². The lowest BCUT2D eigenvalue weighted by molar-refractivity contribution is -0.139. The van der Waals surface area contributed by atoms with Crippen molar-refractivity contribution in [1.29, 1.82) is 0 Å². The van der Waals surface area contributed by atoms with Gasteiger partial charge >= 0.3 is 6.18 Å². The third kappa shape index (κ3) is 4.18. The number of nitrogens with two attached hydrogens (primary N) is 1. The fourth-order valence-electron chi connectivity index (χ4n) is 1.94. The van der Waals surface area contributed by atoms with Crippen LogP contribution in [0.1, 0.15) is 37.5 Å². The van der Waals surface area contributed by atoms with E-state index in [0.717, 1.165) is 12.1 Å². The number of hydrogen-bond acceptors (Lipinski definition) is 2. The summed E-state index contributed by atoms with van der Waals surface area (Å²) in [5.74, 6) is -0.861. The maximum atomic E-state index is 12.9. The Kier molecular flexibility index (Phi) is 4.92. The molecule has 3 N–H and O–H groups in total. The molecule has 2 nitrogen and oxygen atoms in total. The molecule has 0 saturated heterocycles. The summed E-state index contributed by atoms with van der Waals surface area (Å²) >= 11 is 0. The van der Waals surface area contributed by atoms with Crippen LogP contribution in [0.3, 0.4) is 0 Å². The molecule has 0 heterocycles. The second kappa shape index (κ2) is 5.88. The molecule has 1 aromatic carbocycles. The molecule has 1 rings (SSSR count). The van der Waals surface area contributed by atoms with E-state index in [4.69, 9.17) is 5.73 Å². The SMILES string of the molecule is CC(C)CC(N)C(O)c1ccc(F)cc1C(F)(F)F. The van der Waals surface area contributed by atoms with Crippen molar-refractivity contribution in [3.8, 4) is 0 Å². The summed E-state index contributed by atoms with van der Waals surface area (Å²) in [4.78, 5) is 0. The highest BCUT2D eigenvalue weighted by Crippen LogP contribution is 2.36. The molecule has 0 aliphatic heterocycles. The van der Waals surface area contributed by atoms with Crippen molar-refractivity contribution < 1.29 is 22.7 Å². The van der Waals surface area contributed by atoms with Gasteiger partial charge in [-0.25, -0.2) is 4.39 Å². The molecule has 19 heavy (non-hydrogen) atoms. The van der Waals surface area contributed by atoms with E-state index in [1.54, 1.807) is 0 Å². The van der Waals surface area contributed by atoms with Gasteiger partial charge in [-0.15, -0.1) is 0 Å². The Morgan fingerprint density at radius 3 is 2.32 bits per heavy atom. The van der Waals surface area contributed by atoms with Crippen LogP contribution in [0.5, 0.6) is 0 Å². The molecule has 0 saturated carbocycles. The van der Waals surface area contributed by atoms with Crippen LogP contribution in [-0.4, -0.2) is 11.1 Å². The van der Waals surface area contributed by atoms with Crippen molar-refractivity contribution >= 4 is 0 Å². The Balaban J connectivity index is 3.12. The van der Waals surface area contributed by atoms with E-state index in [2.05, 4.69) is 0 Å². The number of hydrogen-bond donors (Lipinski definition) is 2. The molecule has 6 heteroatoms. The first-order valence-electron chi connectivity index (χ1n) is 5.93. The second-order valence-electron chi connectivity index (χ2n) is 4.97. The molecular weight excluding hydrogens is 262 g/mol. The van der Waals surface area contributed by atoms with E-state index in [0.29, 0.717) is 12.5 Å². The average molecular weight is 279 g/mol. The lowest BCUT2D eigenvalue weighted by Crippen LogP contribution is -2.31. The van der Waals surface area contributed by atoms with Gasteiger partial charge in [0, 0.05) is 6.04 Å². The van der Waals surface area contributed by atoms with Gasteiger partial charge in [-0.3, -0.25) is 0 Å². The maximum Gasteiger partial charge on any atom is 0.416 e. The Hall–Kier alpha value is -1.14. The summed E-state index contributed by atoms with van der Waals surface area (Å²) in [5, 5.41) is 9.93.